The summed E-state index contributed by atoms with van der Waals surface area (Å²) in [6.07, 6.45) is 2.89. The lowest BCUT2D eigenvalue weighted by Gasteiger charge is -1.98. The van der Waals surface area contributed by atoms with Crippen LogP contribution in [0.4, 0.5) is 10.8 Å². The van der Waals surface area contributed by atoms with Gasteiger partial charge >= 0.3 is 5.97 Å². The van der Waals surface area contributed by atoms with E-state index in [1.165, 1.54) is 35.6 Å². The van der Waals surface area contributed by atoms with Gasteiger partial charge in [0.2, 0.25) is 5.91 Å². The number of carbonyl (C=O) groups excluding carboxylic acids is 2. The largest absolute Gasteiger partial charge is 0.466 e. The van der Waals surface area contributed by atoms with Crippen molar-refractivity contribution in [3.63, 3.8) is 0 Å². The quantitative estimate of drug-likeness (QED) is 0.351. The second-order valence-electron chi connectivity index (χ2n) is 4.80. The smallest absolute Gasteiger partial charge is 0.311 e. The molecule has 0 saturated carbocycles. The molecule has 0 aliphatic heterocycles. The highest BCUT2D eigenvalue weighted by Crippen LogP contribution is 2.17. The monoisotopic (exact) mass is 361 g/mol. The van der Waals surface area contributed by atoms with E-state index in [0.717, 1.165) is 0 Å². The molecule has 0 aliphatic rings. The highest BCUT2D eigenvalue weighted by Gasteiger charge is 2.09. The second-order valence-corrected chi connectivity index (χ2v) is 5.66. The van der Waals surface area contributed by atoms with Crippen LogP contribution in [0.1, 0.15) is 18.2 Å². The van der Waals surface area contributed by atoms with Gasteiger partial charge in [-0.1, -0.05) is 0 Å². The van der Waals surface area contributed by atoms with Gasteiger partial charge in [0.1, 0.15) is 0 Å². The normalized spacial score (nSPS) is 10.6. The zero-order chi connectivity index (χ0) is 18.2. The van der Waals surface area contributed by atoms with E-state index in [2.05, 4.69) is 10.3 Å². The molecule has 1 amide bonds. The number of hydrogen-bond acceptors (Lipinski definition) is 7. The number of nitro benzene ring substituents is 1. The van der Waals surface area contributed by atoms with E-state index in [1.54, 1.807) is 24.4 Å². The lowest BCUT2D eigenvalue weighted by molar-refractivity contribution is -0.384. The molecule has 8 nitrogen and oxygen atoms in total. The van der Waals surface area contributed by atoms with Gasteiger partial charge in [-0.05, 0) is 30.7 Å². The molecular formula is C16H15N3O5S. The lowest BCUT2D eigenvalue weighted by Crippen LogP contribution is -2.09. The molecule has 1 aromatic carbocycles. The minimum absolute atomic E-state index is 0.0153. The second kappa shape index (κ2) is 8.69. The maximum absolute atomic E-state index is 11.9. The average Bonchev–Trinajstić information content (AvgIpc) is 3.00. The molecule has 0 radical (unpaired) electrons. The van der Waals surface area contributed by atoms with Crippen LogP contribution in [0.2, 0.25) is 0 Å². The number of carbonyl (C=O) groups is 2. The fourth-order valence-electron chi connectivity index (χ4n) is 1.83. The molecule has 0 unspecified atom stereocenters. The molecule has 0 fully saturated rings. The molecule has 0 spiro atoms. The van der Waals surface area contributed by atoms with Crippen LogP contribution in [-0.4, -0.2) is 28.4 Å². The number of aromatic nitrogens is 1. The molecular weight excluding hydrogens is 346 g/mol. The Morgan fingerprint density at radius 3 is 2.72 bits per heavy atom. The number of thiazole rings is 1. The fourth-order valence-corrected chi connectivity index (χ4v) is 2.54. The van der Waals surface area contributed by atoms with Crippen molar-refractivity contribution in [2.45, 2.75) is 13.3 Å². The molecule has 1 heterocycles. The van der Waals surface area contributed by atoms with Gasteiger partial charge in [0.05, 0.1) is 23.6 Å². The minimum atomic E-state index is -0.490. The summed E-state index contributed by atoms with van der Waals surface area (Å²) < 4.78 is 4.83. The first-order chi connectivity index (χ1) is 12.0. The van der Waals surface area contributed by atoms with Crippen LogP contribution in [0.15, 0.2) is 35.7 Å². The topological polar surface area (TPSA) is 111 Å². The Morgan fingerprint density at radius 2 is 2.08 bits per heavy atom. The van der Waals surface area contributed by atoms with Gasteiger partial charge < -0.3 is 4.74 Å². The van der Waals surface area contributed by atoms with E-state index in [0.29, 0.717) is 23.0 Å². The summed E-state index contributed by atoms with van der Waals surface area (Å²) in [7, 11) is 0. The Morgan fingerprint density at radius 1 is 1.36 bits per heavy atom. The molecule has 0 bridgehead atoms. The van der Waals surface area contributed by atoms with Crippen LogP contribution >= 0.6 is 11.3 Å². The van der Waals surface area contributed by atoms with Crippen molar-refractivity contribution in [1.29, 1.82) is 0 Å². The Bertz CT molecular complexity index is 798. The highest BCUT2D eigenvalue weighted by molar-refractivity contribution is 7.14. The van der Waals surface area contributed by atoms with Crippen LogP contribution in [0, 0.1) is 10.1 Å². The van der Waals surface area contributed by atoms with Gasteiger partial charge in [0, 0.05) is 23.6 Å². The van der Waals surface area contributed by atoms with E-state index in [9.17, 15) is 19.7 Å². The third-order valence-corrected chi connectivity index (χ3v) is 3.75. The highest BCUT2D eigenvalue weighted by atomic mass is 32.1. The van der Waals surface area contributed by atoms with Crippen molar-refractivity contribution in [1.82, 2.24) is 4.98 Å². The third-order valence-electron chi connectivity index (χ3n) is 2.94. The predicted molar refractivity (Wildman–Crippen MR) is 93.2 cm³/mol. The number of rotatable bonds is 7. The number of nitro groups is 1. The standard InChI is InChI=1S/C16H15N3O5S/c1-2-24-15(21)9-12-10-25-16(17-12)18-14(20)8-5-11-3-6-13(7-4-11)19(22)23/h3-8,10H,2,9H2,1H3,(H,17,18,20). The summed E-state index contributed by atoms with van der Waals surface area (Å²) in [5.74, 6) is -0.765. The van der Waals surface area contributed by atoms with Crippen molar-refractivity contribution in [2.24, 2.45) is 0 Å². The Labute approximate surface area is 147 Å². The third kappa shape index (κ3) is 5.81. The average molecular weight is 361 g/mol. The number of nitrogens with zero attached hydrogens (tertiary/aromatic N) is 2. The molecule has 9 heteroatoms. The van der Waals surface area contributed by atoms with Crippen molar-refractivity contribution in [3.05, 3.63) is 57.1 Å². The molecule has 0 atom stereocenters. The number of ether oxygens (including phenoxy) is 1. The number of nitrogens with one attached hydrogen (secondary N) is 1. The molecule has 2 rings (SSSR count). The minimum Gasteiger partial charge on any atom is -0.466 e. The van der Waals surface area contributed by atoms with Crippen LogP contribution in [-0.2, 0) is 20.7 Å². The zero-order valence-corrected chi connectivity index (χ0v) is 14.1. The van der Waals surface area contributed by atoms with Gasteiger partial charge in [-0.2, -0.15) is 0 Å². The summed E-state index contributed by atoms with van der Waals surface area (Å²) in [5, 5.41) is 15.2. The van der Waals surface area contributed by atoms with Crippen LogP contribution in [0.5, 0.6) is 0 Å². The number of esters is 1. The maximum atomic E-state index is 11.9. The van der Waals surface area contributed by atoms with Gasteiger partial charge in [0.25, 0.3) is 5.69 Å². The Balaban J connectivity index is 1.90. The summed E-state index contributed by atoms with van der Waals surface area (Å²) in [6, 6.07) is 5.81. The first kappa shape index (κ1) is 18.3. The SMILES string of the molecule is CCOC(=O)Cc1csc(NC(=O)C=Cc2ccc([N+](=O)[O-])cc2)n1. The fraction of sp³-hybridized carbons (Fsp3) is 0.188. The van der Waals surface area contributed by atoms with Crippen LogP contribution in [0.3, 0.4) is 0 Å². The Kier molecular flexibility index (Phi) is 6.35. The molecule has 1 aromatic heterocycles. The number of amides is 1. The van der Waals surface area contributed by atoms with Gasteiger partial charge in [-0.15, -0.1) is 11.3 Å². The van der Waals surface area contributed by atoms with E-state index in [1.807, 2.05) is 0 Å². The van der Waals surface area contributed by atoms with Crippen LogP contribution < -0.4 is 5.32 Å². The number of non-ortho nitro benzene ring substituents is 1. The summed E-state index contributed by atoms with van der Waals surface area (Å²) in [5.41, 5.74) is 1.17. The number of hydrogen-bond donors (Lipinski definition) is 1. The molecule has 25 heavy (non-hydrogen) atoms. The van der Waals surface area contributed by atoms with Crippen molar-refractivity contribution >= 4 is 40.1 Å². The molecule has 0 aliphatic carbocycles. The van der Waals surface area contributed by atoms with Crippen molar-refractivity contribution < 1.29 is 19.2 Å². The summed E-state index contributed by atoms with van der Waals surface area (Å²) in [4.78, 5) is 37.5. The Hall–Kier alpha value is -3.07. The van der Waals surface area contributed by atoms with Crippen LogP contribution in [0.25, 0.3) is 6.08 Å². The molecule has 0 saturated heterocycles. The molecule has 130 valence electrons. The van der Waals surface area contributed by atoms with Gasteiger partial charge in [-0.3, -0.25) is 25.0 Å². The van der Waals surface area contributed by atoms with Crippen molar-refractivity contribution in [3.8, 4) is 0 Å². The predicted octanol–water partition coefficient (Wildman–Crippen LogP) is 2.81. The summed E-state index contributed by atoms with van der Waals surface area (Å²) >= 11 is 1.21. The number of benzene rings is 1. The summed E-state index contributed by atoms with van der Waals surface area (Å²) in [6.45, 7) is 2.03. The van der Waals surface area contributed by atoms with Gasteiger partial charge in [0.15, 0.2) is 5.13 Å². The van der Waals surface area contributed by atoms with E-state index in [4.69, 9.17) is 4.74 Å². The maximum Gasteiger partial charge on any atom is 0.311 e. The lowest BCUT2D eigenvalue weighted by atomic mass is 10.2. The van der Waals surface area contributed by atoms with E-state index >= 15 is 0 Å². The first-order valence-electron chi connectivity index (χ1n) is 7.31. The zero-order valence-electron chi connectivity index (χ0n) is 13.3. The molecule has 1 N–H and O–H groups in total. The molecule has 2 aromatic rings. The van der Waals surface area contributed by atoms with Crippen molar-refractivity contribution in [2.75, 3.05) is 11.9 Å². The van der Waals surface area contributed by atoms with E-state index < -0.39 is 10.8 Å². The van der Waals surface area contributed by atoms with E-state index in [-0.39, 0.29) is 18.1 Å². The first-order valence-corrected chi connectivity index (χ1v) is 8.19. The van der Waals surface area contributed by atoms with Gasteiger partial charge in [-0.25, -0.2) is 4.98 Å². The number of anilines is 1.